The minimum atomic E-state index is -0.822. The second-order valence-electron chi connectivity index (χ2n) is 11.4. The van der Waals surface area contributed by atoms with Crippen molar-refractivity contribution in [2.75, 3.05) is 25.9 Å². The number of carbonyl (C=O) groups excluding carboxylic acids is 3. The number of hydrazine groups is 1. The standard InChI is InChI=1S/C31H30FN11O3S/c1-40(31(46)34-14-19-7-11-22(32)12-8-19)42-17-26(44)43-23(13-18-5-9-20(10-6-18)28-36-38-39-37-28)29(45)41(16-25(42)43)15-21-3-2-4-24-27(21)35-30(33)47-24/h2-12,23,25H,13-17H2,1H3,(H2,33,35)(H,34,46)(H,36,37,38,39)/t23-,25+/m0/s1. The molecule has 4 N–H and O–H groups in total. The summed E-state index contributed by atoms with van der Waals surface area (Å²) in [7, 11) is 1.59. The zero-order valence-electron chi connectivity index (χ0n) is 25.2. The number of tetrazole rings is 1. The van der Waals surface area contributed by atoms with Gasteiger partial charge >= 0.3 is 6.03 Å². The van der Waals surface area contributed by atoms with E-state index in [0.29, 0.717) is 11.0 Å². The summed E-state index contributed by atoms with van der Waals surface area (Å²) in [6.45, 7) is 0.508. The van der Waals surface area contributed by atoms with E-state index in [1.165, 1.54) is 28.5 Å². The van der Waals surface area contributed by atoms with Gasteiger partial charge in [-0.3, -0.25) is 14.6 Å². The molecule has 3 aromatic carbocycles. The van der Waals surface area contributed by atoms with Crippen LogP contribution < -0.4 is 11.1 Å². The van der Waals surface area contributed by atoms with Crippen molar-refractivity contribution in [2.45, 2.75) is 31.7 Å². The van der Waals surface area contributed by atoms with Gasteiger partial charge in [0.25, 0.3) is 0 Å². The average molecular weight is 656 g/mol. The minimum Gasteiger partial charge on any atom is -0.375 e. The molecule has 240 valence electrons. The number of amides is 4. The summed E-state index contributed by atoms with van der Waals surface area (Å²) in [5, 5.41) is 20.4. The number of halogens is 1. The number of rotatable bonds is 8. The van der Waals surface area contributed by atoms with Gasteiger partial charge in [-0.2, -0.15) is 10.2 Å². The fraction of sp³-hybridized carbons (Fsp3) is 0.258. The number of nitrogen functional groups attached to an aromatic ring is 1. The molecular weight excluding hydrogens is 625 g/mol. The van der Waals surface area contributed by atoms with Crippen molar-refractivity contribution >= 4 is 44.5 Å². The quantitative estimate of drug-likeness (QED) is 0.227. The molecule has 7 rings (SSSR count). The van der Waals surface area contributed by atoms with Crippen LogP contribution in [0.1, 0.15) is 16.7 Å². The van der Waals surface area contributed by atoms with Crippen LogP contribution in [-0.4, -0.2) is 95.6 Å². The Balaban J connectivity index is 1.16. The Hall–Kier alpha value is -5.48. The van der Waals surface area contributed by atoms with Crippen LogP contribution >= 0.6 is 11.3 Å². The van der Waals surface area contributed by atoms with Crippen molar-refractivity contribution in [1.82, 2.24) is 50.7 Å². The lowest BCUT2D eigenvalue weighted by molar-refractivity contribution is -0.157. The lowest BCUT2D eigenvalue weighted by Crippen LogP contribution is -2.65. The van der Waals surface area contributed by atoms with Gasteiger partial charge in [0.1, 0.15) is 18.0 Å². The second kappa shape index (κ2) is 12.4. The zero-order valence-corrected chi connectivity index (χ0v) is 26.0. The van der Waals surface area contributed by atoms with Crippen LogP contribution in [0.25, 0.3) is 21.6 Å². The van der Waals surface area contributed by atoms with Gasteiger partial charge in [-0.15, -0.1) is 10.2 Å². The Morgan fingerprint density at radius 1 is 1.11 bits per heavy atom. The molecule has 4 amide bonds. The van der Waals surface area contributed by atoms with E-state index in [9.17, 15) is 18.8 Å². The number of hydrogen-bond donors (Lipinski definition) is 3. The number of piperazine rings is 1. The number of aromatic nitrogens is 5. The molecular formula is C31H30FN11O3S. The average Bonchev–Trinajstić information content (AvgIpc) is 3.82. The van der Waals surface area contributed by atoms with E-state index >= 15 is 0 Å². The number of urea groups is 1. The maximum Gasteiger partial charge on any atom is 0.332 e. The molecule has 2 aliphatic rings. The lowest BCUT2D eigenvalue weighted by Gasteiger charge is -2.45. The Kier molecular flexibility index (Phi) is 7.95. The first-order chi connectivity index (χ1) is 22.7. The zero-order chi connectivity index (χ0) is 32.7. The number of nitrogens with two attached hydrogens (primary N) is 1. The molecule has 0 unspecified atom stereocenters. The minimum absolute atomic E-state index is 0.0856. The van der Waals surface area contributed by atoms with Crippen molar-refractivity contribution in [2.24, 2.45) is 0 Å². The van der Waals surface area contributed by atoms with Gasteiger partial charge in [0.05, 0.1) is 23.3 Å². The molecule has 2 aliphatic heterocycles. The van der Waals surface area contributed by atoms with Crippen LogP contribution in [0.4, 0.5) is 14.3 Å². The van der Waals surface area contributed by atoms with Gasteiger partial charge in [-0.05, 0) is 40.1 Å². The molecule has 16 heteroatoms. The normalized spacial score (nSPS) is 18.2. The summed E-state index contributed by atoms with van der Waals surface area (Å²) in [5.74, 6) is -0.387. The first-order valence-electron chi connectivity index (χ1n) is 14.8. The maximum atomic E-state index is 14.2. The number of H-pyrrole nitrogens is 1. The number of thiazole rings is 1. The molecule has 2 atom stereocenters. The Morgan fingerprint density at radius 3 is 2.62 bits per heavy atom. The van der Waals surface area contributed by atoms with Crippen LogP contribution in [0.3, 0.4) is 0 Å². The van der Waals surface area contributed by atoms with Gasteiger partial charge in [-0.25, -0.2) is 14.2 Å². The molecule has 5 aromatic rings. The lowest BCUT2D eigenvalue weighted by atomic mass is 9.99. The molecule has 4 heterocycles. The third-order valence-corrected chi connectivity index (χ3v) is 9.32. The predicted molar refractivity (Wildman–Crippen MR) is 170 cm³/mol. The number of hydrogen-bond acceptors (Lipinski definition) is 10. The fourth-order valence-corrected chi connectivity index (χ4v) is 6.90. The van der Waals surface area contributed by atoms with Crippen LogP contribution in [0.5, 0.6) is 0 Å². The summed E-state index contributed by atoms with van der Waals surface area (Å²) in [4.78, 5) is 49.0. The molecule has 14 nitrogen and oxygen atoms in total. The summed E-state index contributed by atoms with van der Waals surface area (Å²) in [5.41, 5.74) is 9.89. The number of anilines is 1. The van der Waals surface area contributed by atoms with Crippen molar-refractivity contribution in [3.63, 3.8) is 0 Å². The van der Waals surface area contributed by atoms with Crippen LogP contribution in [0, 0.1) is 5.82 Å². The molecule has 0 saturated carbocycles. The number of fused-ring (bicyclic) bond motifs is 2. The van der Waals surface area contributed by atoms with Crippen molar-refractivity contribution in [3.05, 3.63) is 89.2 Å². The van der Waals surface area contributed by atoms with E-state index in [-0.39, 0.29) is 50.2 Å². The Bertz CT molecular complexity index is 1930. The largest absolute Gasteiger partial charge is 0.375 e. The first kappa shape index (κ1) is 30.2. The van der Waals surface area contributed by atoms with Crippen LogP contribution in [0.15, 0.2) is 66.7 Å². The number of aromatic amines is 1. The number of nitrogens with one attached hydrogen (secondary N) is 2. The Morgan fingerprint density at radius 2 is 1.87 bits per heavy atom. The third kappa shape index (κ3) is 5.95. The van der Waals surface area contributed by atoms with Gasteiger partial charge in [0.15, 0.2) is 5.13 Å². The molecule has 2 fully saturated rings. The fourth-order valence-electron chi connectivity index (χ4n) is 6.11. The summed E-state index contributed by atoms with van der Waals surface area (Å²) in [6.07, 6.45) is -0.350. The van der Waals surface area contributed by atoms with Crippen molar-refractivity contribution in [3.8, 4) is 11.4 Å². The van der Waals surface area contributed by atoms with E-state index in [1.54, 1.807) is 34.0 Å². The van der Waals surface area contributed by atoms with E-state index in [4.69, 9.17) is 5.73 Å². The number of nitrogens with zero attached hydrogens (tertiary/aromatic N) is 8. The Labute approximate surface area is 271 Å². The van der Waals surface area contributed by atoms with Gasteiger partial charge in [-0.1, -0.05) is 59.9 Å². The molecule has 47 heavy (non-hydrogen) atoms. The highest BCUT2D eigenvalue weighted by Crippen LogP contribution is 2.32. The molecule has 2 aromatic heterocycles. The first-order valence-corrected chi connectivity index (χ1v) is 15.7. The van der Waals surface area contributed by atoms with Gasteiger partial charge in [0.2, 0.25) is 17.6 Å². The second-order valence-corrected chi connectivity index (χ2v) is 12.4. The van der Waals surface area contributed by atoms with Crippen LogP contribution in [-0.2, 0) is 29.1 Å². The molecule has 0 radical (unpaired) electrons. The highest BCUT2D eigenvalue weighted by Gasteiger charge is 2.51. The van der Waals surface area contributed by atoms with E-state index in [1.807, 2.05) is 42.5 Å². The number of para-hydroxylation sites is 1. The molecule has 0 spiro atoms. The number of carbonyl (C=O) groups is 3. The summed E-state index contributed by atoms with van der Waals surface area (Å²) < 4.78 is 14.3. The SMILES string of the molecule is CN(C(=O)NCc1ccc(F)cc1)N1CC(=O)N2[C@@H](Cc3ccc(-c4nn[nH]n4)cc3)C(=O)N(Cc3cccc4sc(N)nc34)C[C@@H]21. The van der Waals surface area contributed by atoms with E-state index in [0.717, 1.165) is 32.5 Å². The maximum absolute atomic E-state index is 14.2. The number of benzene rings is 3. The van der Waals surface area contributed by atoms with Crippen LogP contribution in [0.2, 0.25) is 0 Å². The highest BCUT2D eigenvalue weighted by molar-refractivity contribution is 7.22. The smallest absolute Gasteiger partial charge is 0.332 e. The summed E-state index contributed by atoms with van der Waals surface area (Å²) >= 11 is 1.38. The van der Waals surface area contributed by atoms with Crippen molar-refractivity contribution < 1.29 is 18.8 Å². The van der Waals surface area contributed by atoms with E-state index < -0.39 is 18.2 Å². The van der Waals surface area contributed by atoms with Crippen molar-refractivity contribution in [1.29, 1.82) is 0 Å². The highest BCUT2D eigenvalue weighted by atomic mass is 32.1. The molecule has 2 saturated heterocycles. The predicted octanol–water partition coefficient (Wildman–Crippen LogP) is 2.38. The molecule has 0 aliphatic carbocycles. The monoisotopic (exact) mass is 655 g/mol. The summed E-state index contributed by atoms with van der Waals surface area (Å²) in [6, 6.07) is 17.8. The van der Waals surface area contributed by atoms with Gasteiger partial charge in [0, 0.05) is 32.1 Å². The topological polar surface area (TPSA) is 170 Å². The van der Waals surface area contributed by atoms with E-state index in [2.05, 4.69) is 30.9 Å². The molecule has 0 bridgehead atoms. The van der Waals surface area contributed by atoms with Gasteiger partial charge < -0.3 is 20.9 Å². The third-order valence-electron chi connectivity index (χ3n) is 8.47.